The molecule has 6 nitrogen and oxygen atoms in total. The first-order valence-electron chi connectivity index (χ1n) is 9.12. The molecule has 0 aliphatic carbocycles. The summed E-state index contributed by atoms with van der Waals surface area (Å²) in [5, 5.41) is 7.86. The second-order valence-electron chi connectivity index (χ2n) is 6.01. The van der Waals surface area contributed by atoms with Gasteiger partial charge in [0.15, 0.2) is 11.7 Å². The van der Waals surface area contributed by atoms with Crippen LogP contribution in [0.15, 0.2) is 33.2 Å². The lowest BCUT2D eigenvalue weighted by Crippen LogP contribution is -2.43. The van der Waals surface area contributed by atoms with Crippen LogP contribution < -0.4 is 10.6 Å². The number of furan rings is 1. The summed E-state index contributed by atoms with van der Waals surface area (Å²) in [5.41, 5.74) is -0.837. The zero-order valence-corrected chi connectivity index (χ0v) is 17.0. The van der Waals surface area contributed by atoms with Gasteiger partial charge in [-0.3, -0.25) is 9.89 Å². The van der Waals surface area contributed by atoms with Gasteiger partial charge in [0, 0.05) is 31.9 Å². The lowest BCUT2D eigenvalue weighted by Gasteiger charge is -2.28. The highest BCUT2D eigenvalue weighted by Gasteiger charge is 2.33. The summed E-state index contributed by atoms with van der Waals surface area (Å²) in [7, 11) is 1.65. The molecule has 0 fully saturated rings. The molecule has 0 aromatic carbocycles. The van der Waals surface area contributed by atoms with E-state index in [-0.39, 0.29) is 6.04 Å². The molecule has 0 radical (unpaired) electrons. The molecule has 10 heteroatoms. The van der Waals surface area contributed by atoms with Crippen molar-refractivity contribution in [2.45, 2.75) is 32.5 Å². The molecule has 2 aromatic rings. The quantitative estimate of drug-likeness (QED) is 0.483. The molecule has 0 saturated heterocycles. The first-order chi connectivity index (χ1) is 13.4. The maximum Gasteiger partial charge on any atom is 0.434 e. The van der Waals surface area contributed by atoms with Gasteiger partial charge in [0.2, 0.25) is 0 Å². The van der Waals surface area contributed by atoms with Crippen molar-refractivity contribution in [3.63, 3.8) is 0 Å². The maximum absolute atomic E-state index is 12.6. The van der Waals surface area contributed by atoms with Crippen molar-refractivity contribution in [2.24, 2.45) is 4.99 Å². The van der Waals surface area contributed by atoms with Gasteiger partial charge in [0.05, 0.1) is 17.3 Å². The third kappa shape index (κ3) is 6.23. The minimum Gasteiger partial charge on any atom is -0.468 e. The Hall–Kier alpha value is -2.07. The minimum atomic E-state index is -4.40. The van der Waals surface area contributed by atoms with Crippen molar-refractivity contribution < 1.29 is 17.6 Å². The van der Waals surface area contributed by atoms with Crippen LogP contribution in [0.1, 0.15) is 36.4 Å². The van der Waals surface area contributed by atoms with Gasteiger partial charge in [0.1, 0.15) is 5.76 Å². The SMILES string of the molecule is CCN(CC)C(CNC(=NC)NCCc1nc(C(F)(F)F)cs1)c1ccco1. The van der Waals surface area contributed by atoms with Crippen LogP contribution in [0.3, 0.4) is 0 Å². The summed E-state index contributed by atoms with van der Waals surface area (Å²) >= 11 is 1.01. The monoisotopic (exact) mass is 417 g/mol. The fraction of sp³-hybridized carbons (Fsp3) is 0.556. The molecule has 1 unspecified atom stereocenters. The number of guanidine groups is 1. The summed E-state index contributed by atoms with van der Waals surface area (Å²) in [5.74, 6) is 1.45. The summed E-state index contributed by atoms with van der Waals surface area (Å²) in [6.07, 6.45) is -2.35. The Morgan fingerprint density at radius 1 is 1.32 bits per heavy atom. The number of thiazole rings is 1. The fourth-order valence-corrected chi connectivity index (χ4v) is 3.62. The first kappa shape index (κ1) is 22.2. The molecule has 0 aliphatic heterocycles. The number of hydrogen-bond donors (Lipinski definition) is 2. The molecule has 2 heterocycles. The summed E-state index contributed by atoms with van der Waals surface area (Å²) in [4.78, 5) is 10.1. The average Bonchev–Trinajstić information content (AvgIpc) is 3.35. The molecular formula is C18H26F3N5OS. The van der Waals surface area contributed by atoms with E-state index in [0.717, 1.165) is 35.6 Å². The number of alkyl halides is 3. The second-order valence-corrected chi connectivity index (χ2v) is 6.95. The van der Waals surface area contributed by atoms with Crippen molar-refractivity contribution in [2.75, 3.05) is 33.2 Å². The van der Waals surface area contributed by atoms with Gasteiger partial charge in [0.25, 0.3) is 0 Å². The van der Waals surface area contributed by atoms with E-state index < -0.39 is 11.9 Å². The van der Waals surface area contributed by atoms with E-state index in [1.807, 2.05) is 12.1 Å². The van der Waals surface area contributed by atoms with Crippen molar-refractivity contribution in [1.29, 1.82) is 0 Å². The van der Waals surface area contributed by atoms with Gasteiger partial charge in [-0.05, 0) is 25.2 Å². The standard InChI is InChI=1S/C18H26F3N5OS/c1-4-26(5-2)13(14-7-6-10-27-14)11-24-17(22-3)23-9-8-16-25-15(12-28-16)18(19,20)21/h6-7,10,12-13H,4-5,8-9,11H2,1-3H3,(H2,22,23,24). The molecule has 1 atom stereocenters. The highest BCUT2D eigenvalue weighted by Crippen LogP contribution is 2.30. The van der Waals surface area contributed by atoms with Crippen LogP contribution in [-0.2, 0) is 12.6 Å². The van der Waals surface area contributed by atoms with Gasteiger partial charge in [-0.25, -0.2) is 4.98 Å². The molecule has 0 bridgehead atoms. The molecule has 2 N–H and O–H groups in total. The highest BCUT2D eigenvalue weighted by atomic mass is 32.1. The summed E-state index contributed by atoms with van der Waals surface area (Å²) in [6.45, 7) is 6.96. The lowest BCUT2D eigenvalue weighted by atomic mass is 10.2. The summed E-state index contributed by atoms with van der Waals surface area (Å²) in [6, 6.07) is 3.86. The van der Waals surface area contributed by atoms with E-state index in [1.165, 1.54) is 0 Å². The Balaban J connectivity index is 1.87. The normalized spacial score (nSPS) is 13.8. The molecule has 0 saturated carbocycles. The van der Waals surface area contributed by atoms with Gasteiger partial charge >= 0.3 is 6.18 Å². The fourth-order valence-electron chi connectivity index (χ4n) is 2.81. The number of aromatic nitrogens is 1. The largest absolute Gasteiger partial charge is 0.468 e. The van der Waals surface area contributed by atoms with Crippen molar-refractivity contribution >= 4 is 17.3 Å². The van der Waals surface area contributed by atoms with Crippen molar-refractivity contribution in [3.8, 4) is 0 Å². The second kappa shape index (κ2) is 10.5. The third-order valence-corrected chi connectivity index (χ3v) is 5.19. The molecule has 0 spiro atoms. The van der Waals surface area contributed by atoms with Crippen LogP contribution in [0.2, 0.25) is 0 Å². The van der Waals surface area contributed by atoms with Crippen molar-refractivity contribution in [3.05, 3.63) is 40.2 Å². The van der Waals surface area contributed by atoms with E-state index in [4.69, 9.17) is 4.42 Å². The van der Waals surface area contributed by atoms with Crippen LogP contribution in [0.5, 0.6) is 0 Å². The number of aliphatic imine (C=N–C) groups is 1. The molecular weight excluding hydrogens is 391 g/mol. The zero-order chi connectivity index (χ0) is 20.6. The van der Waals surface area contributed by atoms with Gasteiger partial charge < -0.3 is 15.1 Å². The Morgan fingerprint density at radius 2 is 2.07 bits per heavy atom. The van der Waals surface area contributed by atoms with E-state index >= 15 is 0 Å². The number of hydrogen-bond acceptors (Lipinski definition) is 5. The van der Waals surface area contributed by atoms with Crippen LogP contribution in [0.4, 0.5) is 13.2 Å². The Kier molecular flexibility index (Phi) is 8.31. The Morgan fingerprint density at radius 3 is 2.61 bits per heavy atom. The van der Waals surface area contributed by atoms with Crippen LogP contribution in [-0.4, -0.2) is 49.1 Å². The van der Waals surface area contributed by atoms with Crippen molar-refractivity contribution in [1.82, 2.24) is 20.5 Å². The number of nitrogens with zero attached hydrogens (tertiary/aromatic N) is 3. The van der Waals surface area contributed by atoms with Gasteiger partial charge in [-0.15, -0.1) is 11.3 Å². The predicted octanol–water partition coefficient (Wildman–Crippen LogP) is 3.55. The zero-order valence-electron chi connectivity index (χ0n) is 16.2. The van der Waals surface area contributed by atoms with E-state index in [0.29, 0.717) is 30.5 Å². The third-order valence-electron chi connectivity index (χ3n) is 4.28. The number of rotatable bonds is 9. The molecule has 0 amide bonds. The maximum atomic E-state index is 12.6. The highest BCUT2D eigenvalue weighted by molar-refractivity contribution is 7.09. The molecule has 2 aromatic heterocycles. The van der Waals surface area contributed by atoms with E-state index in [9.17, 15) is 13.2 Å². The smallest absolute Gasteiger partial charge is 0.434 e. The minimum absolute atomic E-state index is 0.0526. The predicted molar refractivity (Wildman–Crippen MR) is 105 cm³/mol. The Labute approximate surface area is 166 Å². The topological polar surface area (TPSA) is 65.7 Å². The van der Waals surface area contributed by atoms with Crippen LogP contribution in [0, 0.1) is 0 Å². The summed E-state index contributed by atoms with van der Waals surface area (Å²) < 4.78 is 43.4. The van der Waals surface area contributed by atoms with Crippen LogP contribution in [0.25, 0.3) is 0 Å². The lowest BCUT2D eigenvalue weighted by molar-refractivity contribution is -0.140. The van der Waals surface area contributed by atoms with Crippen LogP contribution >= 0.6 is 11.3 Å². The molecule has 28 heavy (non-hydrogen) atoms. The molecule has 0 aliphatic rings. The number of nitrogens with one attached hydrogen (secondary N) is 2. The van der Waals surface area contributed by atoms with E-state index in [2.05, 4.69) is 39.4 Å². The average molecular weight is 418 g/mol. The molecule has 2 rings (SSSR count). The first-order valence-corrected chi connectivity index (χ1v) is 10.0. The van der Waals surface area contributed by atoms with Gasteiger partial charge in [-0.1, -0.05) is 13.8 Å². The molecule has 156 valence electrons. The van der Waals surface area contributed by atoms with E-state index in [1.54, 1.807) is 13.3 Å². The Bertz CT molecular complexity index is 726. The number of halogens is 3. The number of likely N-dealkylation sites (N-methyl/N-ethyl adjacent to an activating group) is 1. The van der Waals surface area contributed by atoms with Gasteiger partial charge in [-0.2, -0.15) is 13.2 Å².